The summed E-state index contributed by atoms with van der Waals surface area (Å²) >= 11 is 0. The topological polar surface area (TPSA) is 174 Å². The Hall–Kier alpha value is -5.13. The van der Waals surface area contributed by atoms with Crippen LogP contribution >= 0.6 is 0 Å². The van der Waals surface area contributed by atoms with Crippen LogP contribution in [0.3, 0.4) is 0 Å². The molecule has 0 radical (unpaired) electrons. The molecule has 0 aliphatic heterocycles. The molecule has 0 unspecified atom stereocenters. The minimum absolute atomic E-state index is 0.138. The van der Waals surface area contributed by atoms with Gasteiger partial charge < -0.3 is 5.32 Å². The molecule has 0 atom stereocenters. The molecular weight excluding hydrogens is 446 g/mol. The van der Waals surface area contributed by atoms with Crippen LogP contribution in [0.15, 0.2) is 66.7 Å². The van der Waals surface area contributed by atoms with Crippen LogP contribution in [0.5, 0.6) is 0 Å². The number of rotatable bonds is 6. The number of nitrogens with one attached hydrogen (secondary N) is 3. The minimum atomic E-state index is -0.984. The Bertz CT molecular complexity index is 1270. The average molecular weight is 463 g/mol. The molecule has 0 saturated carbocycles. The van der Waals surface area contributed by atoms with Gasteiger partial charge in [0.25, 0.3) is 29.1 Å². The van der Waals surface area contributed by atoms with E-state index in [-0.39, 0.29) is 17.0 Å². The zero-order valence-corrected chi connectivity index (χ0v) is 17.6. The Balaban J connectivity index is 1.64. The van der Waals surface area contributed by atoms with Crippen LogP contribution in [-0.2, 0) is 0 Å². The molecule has 3 amide bonds. The van der Waals surface area contributed by atoms with Gasteiger partial charge in [-0.05, 0) is 42.8 Å². The van der Waals surface area contributed by atoms with Crippen molar-refractivity contribution >= 4 is 34.8 Å². The van der Waals surface area contributed by atoms with E-state index in [1.807, 2.05) is 19.1 Å². The number of non-ortho nitro benzene ring substituents is 2. The van der Waals surface area contributed by atoms with Crippen molar-refractivity contribution in [2.75, 3.05) is 5.32 Å². The quantitative estimate of drug-likeness (QED) is 0.372. The summed E-state index contributed by atoms with van der Waals surface area (Å²) in [6.45, 7) is 1.81. The van der Waals surface area contributed by atoms with Gasteiger partial charge >= 0.3 is 0 Å². The van der Waals surface area contributed by atoms with Crippen molar-refractivity contribution in [1.82, 2.24) is 10.9 Å². The zero-order chi connectivity index (χ0) is 24.8. The van der Waals surface area contributed by atoms with Gasteiger partial charge in [0, 0.05) is 28.9 Å². The predicted molar refractivity (Wildman–Crippen MR) is 120 cm³/mol. The highest BCUT2D eigenvalue weighted by Gasteiger charge is 2.20. The van der Waals surface area contributed by atoms with Gasteiger partial charge in [-0.15, -0.1) is 0 Å². The van der Waals surface area contributed by atoms with Gasteiger partial charge in [-0.25, -0.2) is 0 Å². The Labute approximate surface area is 191 Å². The first kappa shape index (κ1) is 23.5. The lowest BCUT2D eigenvalue weighted by atomic mass is 10.1. The molecule has 0 aliphatic rings. The van der Waals surface area contributed by atoms with Gasteiger partial charge in [-0.1, -0.05) is 18.2 Å². The van der Waals surface area contributed by atoms with Crippen LogP contribution in [0.25, 0.3) is 0 Å². The van der Waals surface area contributed by atoms with Gasteiger partial charge in [0.2, 0.25) is 0 Å². The number of carbonyl (C=O) groups excluding carboxylic acids is 3. The predicted octanol–water partition coefficient (Wildman–Crippen LogP) is 3.14. The highest BCUT2D eigenvalue weighted by Crippen LogP contribution is 2.22. The molecule has 12 heteroatoms. The molecule has 0 aromatic heterocycles. The Morgan fingerprint density at radius 3 is 1.76 bits per heavy atom. The maximum atomic E-state index is 12.4. The first-order valence-corrected chi connectivity index (χ1v) is 9.67. The lowest BCUT2D eigenvalue weighted by molar-refractivity contribution is -0.394. The Kier molecular flexibility index (Phi) is 6.92. The van der Waals surface area contributed by atoms with Crippen LogP contribution in [-0.4, -0.2) is 27.6 Å². The number of amides is 3. The molecule has 34 heavy (non-hydrogen) atoms. The van der Waals surface area contributed by atoms with Gasteiger partial charge in [0.1, 0.15) is 0 Å². The highest BCUT2D eigenvalue weighted by molar-refractivity contribution is 6.05. The first-order chi connectivity index (χ1) is 16.2. The number of aryl methyl sites for hydroxylation is 1. The van der Waals surface area contributed by atoms with E-state index in [0.29, 0.717) is 11.3 Å². The molecular formula is C22H17N5O7. The maximum Gasteiger partial charge on any atom is 0.277 e. The van der Waals surface area contributed by atoms with Gasteiger partial charge in [0.15, 0.2) is 0 Å². The Morgan fingerprint density at radius 2 is 1.24 bits per heavy atom. The second-order valence-corrected chi connectivity index (χ2v) is 7.01. The summed E-state index contributed by atoms with van der Waals surface area (Å²) < 4.78 is 0. The standard InChI is InChI=1S/C22H17N5O7/c1-13-4-2-3-5-19(13)22(30)23-16-8-6-14(7-9-16)20(28)24-25-21(29)15-10-17(26(31)32)12-18(11-15)27(33)34/h2-12H,1H3,(H,23,30)(H,24,28)(H,25,29). The van der Waals surface area contributed by atoms with E-state index in [9.17, 15) is 34.6 Å². The van der Waals surface area contributed by atoms with Crippen molar-refractivity contribution < 1.29 is 24.2 Å². The third-order valence-electron chi connectivity index (χ3n) is 4.67. The van der Waals surface area contributed by atoms with Crippen molar-refractivity contribution in [2.24, 2.45) is 0 Å². The van der Waals surface area contributed by atoms with Gasteiger partial charge in [-0.2, -0.15) is 0 Å². The van der Waals surface area contributed by atoms with Crippen molar-refractivity contribution in [2.45, 2.75) is 6.92 Å². The van der Waals surface area contributed by atoms with E-state index < -0.39 is 33.0 Å². The zero-order valence-electron chi connectivity index (χ0n) is 17.6. The number of nitrogens with zero attached hydrogens (tertiary/aromatic N) is 2. The number of anilines is 1. The molecule has 3 aromatic carbocycles. The molecule has 3 N–H and O–H groups in total. The summed E-state index contributed by atoms with van der Waals surface area (Å²) in [4.78, 5) is 57.1. The average Bonchev–Trinajstić information content (AvgIpc) is 2.82. The molecule has 0 bridgehead atoms. The van der Waals surface area contributed by atoms with Crippen molar-refractivity contribution in [3.05, 3.63) is 109 Å². The van der Waals surface area contributed by atoms with Crippen LogP contribution in [0.4, 0.5) is 17.1 Å². The normalized spacial score (nSPS) is 10.1. The number of hydrogen-bond acceptors (Lipinski definition) is 7. The summed E-state index contributed by atoms with van der Waals surface area (Å²) in [5.74, 6) is -2.01. The molecule has 3 rings (SSSR count). The van der Waals surface area contributed by atoms with E-state index in [1.165, 1.54) is 24.3 Å². The highest BCUT2D eigenvalue weighted by atomic mass is 16.6. The monoisotopic (exact) mass is 463 g/mol. The van der Waals surface area contributed by atoms with E-state index in [1.54, 1.807) is 12.1 Å². The van der Waals surface area contributed by atoms with Crippen LogP contribution in [0, 0.1) is 27.2 Å². The lowest BCUT2D eigenvalue weighted by Crippen LogP contribution is -2.41. The molecule has 12 nitrogen and oxygen atoms in total. The fourth-order valence-electron chi connectivity index (χ4n) is 2.93. The Morgan fingerprint density at radius 1 is 0.706 bits per heavy atom. The fourth-order valence-corrected chi connectivity index (χ4v) is 2.93. The first-order valence-electron chi connectivity index (χ1n) is 9.67. The van der Waals surface area contributed by atoms with E-state index in [4.69, 9.17) is 0 Å². The number of benzene rings is 3. The van der Waals surface area contributed by atoms with Crippen molar-refractivity contribution in [3.8, 4) is 0 Å². The number of hydrogen-bond donors (Lipinski definition) is 3. The smallest absolute Gasteiger partial charge is 0.277 e. The third kappa shape index (κ3) is 5.56. The van der Waals surface area contributed by atoms with Gasteiger partial charge in [-0.3, -0.25) is 45.5 Å². The largest absolute Gasteiger partial charge is 0.322 e. The molecule has 3 aromatic rings. The lowest BCUT2D eigenvalue weighted by Gasteiger charge is -2.10. The van der Waals surface area contributed by atoms with Crippen molar-refractivity contribution in [3.63, 3.8) is 0 Å². The van der Waals surface area contributed by atoms with E-state index in [2.05, 4.69) is 16.2 Å². The molecule has 0 fully saturated rings. The molecule has 0 saturated heterocycles. The second kappa shape index (κ2) is 9.99. The van der Waals surface area contributed by atoms with Crippen molar-refractivity contribution in [1.29, 1.82) is 0 Å². The van der Waals surface area contributed by atoms with Crippen LogP contribution in [0.2, 0.25) is 0 Å². The summed E-state index contributed by atoms with van der Waals surface area (Å²) in [6, 6.07) is 15.3. The summed E-state index contributed by atoms with van der Waals surface area (Å²) in [5, 5.41) is 24.6. The van der Waals surface area contributed by atoms with Crippen LogP contribution < -0.4 is 16.2 Å². The summed E-state index contributed by atoms with van der Waals surface area (Å²) in [7, 11) is 0. The van der Waals surface area contributed by atoms with E-state index >= 15 is 0 Å². The SMILES string of the molecule is Cc1ccccc1C(=O)Nc1ccc(C(=O)NNC(=O)c2cc([N+](=O)[O-])cc([N+](=O)[O-])c2)cc1. The summed E-state index contributed by atoms with van der Waals surface area (Å²) in [6.07, 6.45) is 0. The van der Waals surface area contributed by atoms with E-state index in [0.717, 1.165) is 23.8 Å². The van der Waals surface area contributed by atoms with Gasteiger partial charge in [0.05, 0.1) is 21.5 Å². The van der Waals surface area contributed by atoms with Crippen LogP contribution in [0.1, 0.15) is 36.6 Å². The number of nitro benzene ring substituents is 2. The number of nitro groups is 2. The number of hydrazine groups is 1. The molecule has 0 spiro atoms. The molecule has 0 aliphatic carbocycles. The maximum absolute atomic E-state index is 12.4. The fraction of sp³-hybridized carbons (Fsp3) is 0.0455. The third-order valence-corrected chi connectivity index (χ3v) is 4.67. The second-order valence-electron chi connectivity index (χ2n) is 7.01. The molecule has 172 valence electrons. The number of carbonyl (C=O) groups is 3. The summed E-state index contributed by atoms with van der Waals surface area (Å²) in [5.41, 5.74) is 4.40. The molecule has 0 heterocycles. The minimum Gasteiger partial charge on any atom is -0.322 e.